The summed E-state index contributed by atoms with van der Waals surface area (Å²) in [6.07, 6.45) is 0.841. The molecule has 0 aromatic rings. The van der Waals surface area contributed by atoms with Gasteiger partial charge in [-0.25, -0.2) is 0 Å². The van der Waals surface area contributed by atoms with Crippen molar-refractivity contribution in [2.45, 2.75) is 53.1 Å². The lowest BCUT2D eigenvalue weighted by Crippen LogP contribution is -2.32. The number of hydrogen-bond acceptors (Lipinski definition) is 3. The minimum atomic E-state index is -0.498. The van der Waals surface area contributed by atoms with Crippen LogP contribution in [0.15, 0.2) is 0 Å². The average molecular weight is 243 g/mol. The molecule has 0 saturated heterocycles. The summed E-state index contributed by atoms with van der Waals surface area (Å²) in [5.41, 5.74) is -0.498. The van der Waals surface area contributed by atoms with Crippen molar-refractivity contribution in [2.24, 2.45) is 11.8 Å². The standard InChI is InChI=1S/C13H25NO3/c1-9(2)7-10(12(16)14-6)8-11(15)17-13(3,4)5/h9-10H,7-8H2,1-6H3,(H,14,16). The lowest BCUT2D eigenvalue weighted by Gasteiger charge is -2.22. The number of carbonyl (C=O) groups excluding carboxylic acids is 2. The number of ether oxygens (including phenoxy) is 1. The van der Waals surface area contributed by atoms with Gasteiger partial charge in [-0.1, -0.05) is 13.8 Å². The predicted octanol–water partition coefficient (Wildman–Crippen LogP) is 2.13. The highest BCUT2D eigenvalue weighted by Crippen LogP contribution is 2.18. The molecule has 0 aliphatic rings. The summed E-state index contributed by atoms with van der Waals surface area (Å²) in [4.78, 5) is 23.3. The maximum absolute atomic E-state index is 11.7. The van der Waals surface area contributed by atoms with Gasteiger partial charge < -0.3 is 10.1 Å². The largest absolute Gasteiger partial charge is 0.460 e. The Balaban J connectivity index is 4.43. The molecule has 1 amide bonds. The Morgan fingerprint density at radius 2 is 1.76 bits per heavy atom. The molecule has 0 aliphatic carbocycles. The van der Waals surface area contributed by atoms with E-state index in [0.29, 0.717) is 12.3 Å². The highest BCUT2D eigenvalue weighted by molar-refractivity contribution is 5.83. The highest BCUT2D eigenvalue weighted by Gasteiger charge is 2.25. The van der Waals surface area contributed by atoms with E-state index < -0.39 is 5.60 Å². The second-order valence-corrected chi connectivity index (χ2v) is 5.73. The molecule has 0 heterocycles. The van der Waals surface area contributed by atoms with Crippen LogP contribution in [0.4, 0.5) is 0 Å². The molecule has 0 radical (unpaired) electrons. The van der Waals surface area contributed by atoms with Crippen molar-refractivity contribution in [3.63, 3.8) is 0 Å². The van der Waals surface area contributed by atoms with E-state index in [1.807, 2.05) is 34.6 Å². The lowest BCUT2D eigenvalue weighted by atomic mass is 9.93. The Morgan fingerprint density at radius 3 is 2.12 bits per heavy atom. The third-order valence-electron chi connectivity index (χ3n) is 2.21. The number of esters is 1. The maximum atomic E-state index is 11.7. The fourth-order valence-corrected chi connectivity index (χ4v) is 1.64. The van der Waals surface area contributed by atoms with Gasteiger partial charge in [0.1, 0.15) is 5.60 Å². The summed E-state index contributed by atoms with van der Waals surface area (Å²) in [7, 11) is 1.59. The van der Waals surface area contributed by atoms with Crippen molar-refractivity contribution < 1.29 is 14.3 Å². The summed E-state index contributed by atoms with van der Waals surface area (Å²) in [5.74, 6) is -0.328. The number of carbonyl (C=O) groups is 2. The molecule has 0 rings (SSSR count). The van der Waals surface area contributed by atoms with Crippen LogP contribution < -0.4 is 5.32 Å². The van der Waals surface area contributed by atoms with E-state index in [2.05, 4.69) is 5.32 Å². The molecule has 4 heteroatoms. The van der Waals surface area contributed by atoms with Crippen molar-refractivity contribution in [2.75, 3.05) is 7.05 Å². The van der Waals surface area contributed by atoms with Crippen LogP contribution in [0.3, 0.4) is 0 Å². The normalized spacial score (nSPS) is 13.4. The average Bonchev–Trinajstić information content (AvgIpc) is 2.11. The summed E-state index contributed by atoms with van der Waals surface area (Å²) in [6.45, 7) is 9.53. The number of nitrogens with one attached hydrogen (secondary N) is 1. The third-order valence-corrected chi connectivity index (χ3v) is 2.21. The van der Waals surface area contributed by atoms with Gasteiger partial charge in [0, 0.05) is 13.0 Å². The number of rotatable bonds is 5. The van der Waals surface area contributed by atoms with E-state index in [0.717, 1.165) is 0 Å². The smallest absolute Gasteiger partial charge is 0.307 e. The molecule has 4 nitrogen and oxygen atoms in total. The van der Waals surface area contributed by atoms with E-state index in [-0.39, 0.29) is 24.2 Å². The van der Waals surface area contributed by atoms with Crippen LogP contribution in [0.2, 0.25) is 0 Å². The van der Waals surface area contributed by atoms with Gasteiger partial charge in [0.25, 0.3) is 0 Å². The Hall–Kier alpha value is -1.06. The van der Waals surface area contributed by atoms with Crippen molar-refractivity contribution >= 4 is 11.9 Å². The van der Waals surface area contributed by atoms with Crippen molar-refractivity contribution in [3.8, 4) is 0 Å². The molecular weight excluding hydrogens is 218 g/mol. The van der Waals surface area contributed by atoms with Crippen molar-refractivity contribution in [1.29, 1.82) is 0 Å². The van der Waals surface area contributed by atoms with Gasteiger partial charge in [0.15, 0.2) is 0 Å². The monoisotopic (exact) mass is 243 g/mol. The lowest BCUT2D eigenvalue weighted by molar-refractivity contribution is -0.157. The zero-order chi connectivity index (χ0) is 13.6. The van der Waals surface area contributed by atoms with Crippen LogP contribution in [0.1, 0.15) is 47.5 Å². The van der Waals surface area contributed by atoms with Gasteiger partial charge in [-0.3, -0.25) is 9.59 Å². The number of hydrogen-bond donors (Lipinski definition) is 1. The molecule has 0 spiro atoms. The van der Waals surface area contributed by atoms with Gasteiger partial charge in [-0.05, 0) is 33.1 Å². The maximum Gasteiger partial charge on any atom is 0.307 e. The molecule has 17 heavy (non-hydrogen) atoms. The first-order chi connectivity index (χ1) is 7.65. The Morgan fingerprint density at radius 1 is 1.24 bits per heavy atom. The molecular formula is C13H25NO3. The molecule has 1 atom stereocenters. The highest BCUT2D eigenvalue weighted by atomic mass is 16.6. The van der Waals surface area contributed by atoms with Gasteiger partial charge in [-0.15, -0.1) is 0 Å². The van der Waals surface area contributed by atoms with Gasteiger partial charge >= 0.3 is 5.97 Å². The zero-order valence-electron chi connectivity index (χ0n) is 11.8. The van der Waals surface area contributed by atoms with Crippen LogP contribution in [0.5, 0.6) is 0 Å². The predicted molar refractivity (Wildman–Crippen MR) is 67.5 cm³/mol. The van der Waals surface area contributed by atoms with E-state index in [1.165, 1.54) is 0 Å². The molecule has 0 fully saturated rings. The first-order valence-electron chi connectivity index (χ1n) is 6.09. The van der Waals surface area contributed by atoms with Gasteiger partial charge in [0.2, 0.25) is 5.91 Å². The fraction of sp³-hybridized carbons (Fsp3) is 0.846. The zero-order valence-corrected chi connectivity index (χ0v) is 11.8. The van der Waals surface area contributed by atoms with Crippen LogP contribution in [-0.2, 0) is 14.3 Å². The Bertz CT molecular complexity index is 266. The second kappa shape index (κ2) is 6.62. The first kappa shape index (κ1) is 15.9. The fourth-order valence-electron chi connectivity index (χ4n) is 1.64. The first-order valence-corrected chi connectivity index (χ1v) is 6.09. The Kier molecular flexibility index (Phi) is 6.21. The molecule has 0 aromatic carbocycles. The minimum absolute atomic E-state index is 0.0930. The molecule has 0 aliphatic heterocycles. The molecule has 0 aromatic heterocycles. The molecule has 0 saturated carbocycles. The van der Waals surface area contributed by atoms with Crippen LogP contribution in [0.25, 0.3) is 0 Å². The quantitative estimate of drug-likeness (QED) is 0.753. The summed E-state index contributed by atoms with van der Waals surface area (Å²) < 4.78 is 5.23. The summed E-state index contributed by atoms with van der Waals surface area (Å²) >= 11 is 0. The van der Waals surface area contributed by atoms with Crippen molar-refractivity contribution in [1.82, 2.24) is 5.32 Å². The second-order valence-electron chi connectivity index (χ2n) is 5.73. The molecule has 1 N–H and O–H groups in total. The van der Waals surface area contributed by atoms with Crippen LogP contribution >= 0.6 is 0 Å². The van der Waals surface area contributed by atoms with Crippen LogP contribution in [-0.4, -0.2) is 24.5 Å². The van der Waals surface area contributed by atoms with Crippen LogP contribution in [0, 0.1) is 11.8 Å². The number of amides is 1. The van der Waals surface area contributed by atoms with Crippen molar-refractivity contribution in [3.05, 3.63) is 0 Å². The summed E-state index contributed by atoms with van der Waals surface area (Å²) in [5, 5.41) is 2.59. The molecule has 100 valence electrons. The van der Waals surface area contributed by atoms with E-state index in [1.54, 1.807) is 7.05 Å². The SMILES string of the molecule is CNC(=O)C(CC(=O)OC(C)(C)C)CC(C)C. The topological polar surface area (TPSA) is 55.4 Å². The van der Waals surface area contributed by atoms with E-state index >= 15 is 0 Å². The summed E-state index contributed by atoms with van der Waals surface area (Å²) in [6, 6.07) is 0. The third kappa shape index (κ3) is 7.77. The van der Waals surface area contributed by atoms with Gasteiger partial charge in [-0.2, -0.15) is 0 Å². The van der Waals surface area contributed by atoms with E-state index in [4.69, 9.17) is 4.74 Å². The molecule has 0 bridgehead atoms. The molecule has 1 unspecified atom stereocenters. The van der Waals surface area contributed by atoms with E-state index in [9.17, 15) is 9.59 Å². The van der Waals surface area contributed by atoms with Gasteiger partial charge in [0.05, 0.1) is 6.42 Å². The Labute approximate surface area is 104 Å². The minimum Gasteiger partial charge on any atom is -0.460 e.